The van der Waals surface area contributed by atoms with Crippen LogP contribution in [0, 0.1) is 0 Å². The smallest absolute Gasteiger partial charge is 0.326 e. The Morgan fingerprint density at radius 1 is 1.38 bits per heavy atom. The van der Waals surface area contributed by atoms with Gasteiger partial charge in [0, 0.05) is 6.42 Å². The van der Waals surface area contributed by atoms with Crippen molar-refractivity contribution in [3.63, 3.8) is 0 Å². The highest BCUT2D eigenvalue weighted by molar-refractivity contribution is 5.88. The first-order valence-corrected chi connectivity index (χ1v) is 6.35. The molecule has 1 atom stereocenters. The molecule has 2 amide bonds. The summed E-state index contributed by atoms with van der Waals surface area (Å²) in [7, 11) is 1.55. The molecule has 0 aromatic heterocycles. The van der Waals surface area contributed by atoms with Crippen molar-refractivity contribution >= 4 is 17.8 Å². The van der Waals surface area contributed by atoms with E-state index in [1.807, 2.05) is 6.07 Å². The number of methoxy groups -OCH3 is 1. The number of carbonyl (C=O) groups is 3. The summed E-state index contributed by atoms with van der Waals surface area (Å²) in [4.78, 5) is 33.3. The van der Waals surface area contributed by atoms with E-state index < -0.39 is 30.2 Å². The predicted molar refractivity (Wildman–Crippen MR) is 74.7 cm³/mol. The Kier molecular flexibility index (Phi) is 6.19. The zero-order valence-electron chi connectivity index (χ0n) is 11.7. The lowest BCUT2D eigenvalue weighted by atomic mass is 10.1. The molecule has 1 aromatic carbocycles. The minimum atomic E-state index is -1.29. The molecule has 114 valence electrons. The number of nitrogens with one attached hydrogen (secondary N) is 1. The summed E-state index contributed by atoms with van der Waals surface area (Å²) < 4.78 is 5.07. The molecule has 0 bridgehead atoms. The third-order valence-corrected chi connectivity index (χ3v) is 2.81. The van der Waals surface area contributed by atoms with Crippen molar-refractivity contribution in [2.24, 2.45) is 5.73 Å². The molecule has 0 aliphatic heterocycles. The van der Waals surface area contributed by atoms with Crippen LogP contribution in [0.25, 0.3) is 0 Å². The van der Waals surface area contributed by atoms with Gasteiger partial charge in [-0.25, -0.2) is 4.79 Å². The zero-order valence-corrected chi connectivity index (χ0v) is 11.7. The minimum Gasteiger partial charge on any atom is -0.497 e. The molecule has 0 spiro atoms. The molecule has 1 rings (SSSR count). The summed E-state index contributed by atoms with van der Waals surface area (Å²) >= 11 is 0. The summed E-state index contributed by atoms with van der Waals surface area (Å²) in [6.07, 6.45) is 0.113. The summed E-state index contributed by atoms with van der Waals surface area (Å²) in [5.41, 5.74) is 5.83. The fraction of sp³-hybridized carbons (Fsp3) is 0.357. The summed E-state index contributed by atoms with van der Waals surface area (Å²) in [5.74, 6) is -1.84. The molecule has 7 nitrogen and oxygen atoms in total. The van der Waals surface area contributed by atoms with Gasteiger partial charge in [-0.15, -0.1) is 0 Å². The molecule has 0 aliphatic carbocycles. The van der Waals surface area contributed by atoms with Crippen LogP contribution >= 0.6 is 0 Å². The van der Waals surface area contributed by atoms with Gasteiger partial charge in [0.05, 0.1) is 13.5 Å². The minimum absolute atomic E-state index is 0.107. The fourth-order valence-electron chi connectivity index (χ4n) is 1.75. The number of carboxylic acid groups (broad SMARTS) is 1. The van der Waals surface area contributed by atoms with Crippen LogP contribution in [0.5, 0.6) is 5.75 Å². The number of rotatable bonds is 8. The average molecular weight is 294 g/mol. The van der Waals surface area contributed by atoms with Gasteiger partial charge in [-0.1, -0.05) is 12.1 Å². The van der Waals surface area contributed by atoms with Gasteiger partial charge >= 0.3 is 5.97 Å². The van der Waals surface area contributed by atoms with E-state index in [1.165, 1.54) is 0 Å². The molecular formula is C14H18N2O5. The lowest BCUT2D eigenvalue weighted by Crippen LogP contribution is -2.43. The quantitative estimate of drug-likeness (QED) is 0.627. The molecule has 0 aliphatic rings. The number of hydrogen-bond donors (Lipinski definition) is 3. The Morgan fingerprint density at radius 3 is 2.67 bits per heavy atom. The van der Waals surface area contributed by atoms with E-state index in [4.69, 9.17) is 15.6 Å². The highest BCUT2D eigenvalue weighted by Gasteiger charge is 2.21. The zero-order chi connectivity index (χ0) is 15.8. The maximum absolute atomic E-state index is 11.7. The van der Waals surface area contributed by atoms with Crippen molar-refractivity contribution in [1.82, 2.24) is 5.32 Å². The molecule has 0 fully saturated rings. The predicted octanol–water partition coefficient (Wildman–Crippen LogP) is 0.0726. The Hall–Kier alpha value is -2.57. The van der Waals surface area contributed by atoms with Crippen molar-refractivity contribution in [3.8, 4) is 5.75 Å². The van der Waals surface area contributed by atoms with Gasteiger partial charge in [-0.2, -0.15) is 0 Å². The summed E-state index contributed by atoms with van der Waals surface area (Å²) in [6.45, 7) is 0. The van der Waals surface area contributed by atoms with Crippen LogP contribution in [0.4, 0.5) is 0 Å². The standard InChI is InChI=1S/C14H18N2O5/c1-21-10-4-2-3-9(7-10)5-6-13(18)16-11(14(19)20)8-12(15)17/h2-4,7,11H,5-6,8H2,1H3,(H2,15,17)(H,16,18)(H,19,20). The second-order valence-electron chi connectivity index (χ2n) is 4.48. The molecule has 7 heteroatoms. The normalized spacial score (nSPS) is 11.5. The van der Waals surface area contributed by atoms with E-state index in [1.54, 1.807) is 25.3 Å². The van der Waals surface area contributed by atoms with Crippen molar-refractivity contribution in [2.75, 3.05) is 7.11 Å². The van der Waals surface area contributed by atoms with E-state index in [-0.39, 0.29) is 6.42 Å². The molecule has 0 saturated heterocycles. The largest absolute Gasteiger partial charge is 0.497 e. The monoisotopic (exact) mass is 294 g/mol. The molecule has 1 aromatic rings. The van der Waals surface area contributed by atoms with Crippen LogP contribution in [-0.4, -0.2) is 36.0 Å². The highest BCUT2D eigenvalue weighted by atomic mass is 16.5. The SMILES string of the molecule is COc1cccc(CCC(=O)NC(CC(N)=O)C(=O)O)c1. The molecule has 1 unspecified atom stereocenters. The Labute approximate surface area is 122 Å². The number of amides is 2. The number of aryl methyl sites for hydroxylation is 1. The number of benzene rings is 1. The van der Waals surface area contributed by atoms with Crippen LogP contribution in [0.15, 0.2) is 24.3 Å². The molecule has 4 N–H and O–H groups in total. The van der Waals surface area contributed by atoms with Crippen LogP contribution in [-0.2, 0) is 20.8 Å². The van der Waals surface area contributed by atoms with Gasteiger partial charge in [0.1, 0.15) is 11.8 Å². The highest BCUT2D eigenvalue weighted by Crippen LogP contribution is 2.13. The van der Waals surface area contributed by atoms with Crippen molar-refractivity contribution in [3.05, 3.63) is 29.8 Å². The topological polar surface area (TPSA) is 119 Å². The number of primary amides is 1. The molecule has 0 radical (unpaired) electrons. The van der Waals surface area contributed by atoms with Crippen LogP contribution in [0.3, 0.4) is 0 Å². The second-order valence-corrected chi connectivity index (χ2v) is 4.48. The molecule has 0 heterocycles. The lowest BCUT2D eigenvalue weighted by molar-refractivity contribution is -0.143. The molecule has 21 heavy (non-hydrogen) atoms. The Morgan fingerprint density at radius 2 is 2.10 bits per heavy atom. The van der Waals surface area contributed by atoms with Gasteiger partial charge in [0.15, 0.2) is 0 Å². The third kappa shape index (κ3) is 5.94. The average Bonchev–Trinajstić information content (AvgIpc) is 2.44. The lowest BCUT2D eigenvalue weighted by Gasteiger charge is -2.12. The number of ether oxygens (including phenoxy) is 1. The van der Waals surface area contributed by atoms with Crippen LogP contribution < -0.4 is 15.8 Å². The fourth-order valence-corrected chi connectivity index (χ4v) is 1.75. The van der Waals surface area contributed by atoms with Crippen molar-refractivity contribution in [2.45, 2.75) is 25.3 Å². The first-order valence-electron chi connectivity index (χ1n) is 6.35. The number of aliphatic carboxylic acids is 1. The van der Waals surface area contributed by atoms with E-state index in [0.29, 0.717) is 12.2 Å². The number of hydrogen-bond acceptors (Lipinski definition) is 4. The van der Waals surface area contributed by atoms with Crippen LogP contribution in [0.1, 0.15) is 18.4 Å². The number of nitrogens with two attached hydrogens (primary N) is 1. The molecule has 0 saturated carbocycles. The molecular weight excluding hydrogens is 276 g/mol. The number of carboxylic acids is 1. The summed E-state index contributed by atoms with van der Waals surface area (Å²) in [6, 6.07) is 5.94. The van der Waals surface area contributed by atoms with E-state index >= 15 is 0 Å². The van der Waals surface area contributed by atoms with Gasteiger partial charge in [0.25, 0.3) is 0 Å². The van der Waals surface area contributed by atoms with Crippen molar-refractivity contribution in [1.29, 1.82) is 0 Å². The van der Waals surface area contributed by atoms with E-state index in [0.717, 1.165) is 5.56 Å². The van der Waals surface area contributed by atoms with Crippen molar-refractivity contribution < 1.29 is 24.2 Å². The first kappa shape index (κ1) is 16.5. The summed E-state index contributed by atoms with van der Waals surface area (Å²) in [5, 5.41) is 11.2. The van der Waals surface area contributed by atoms with E-state index in [2.05, 4.69) is 5.32 Å². The van der Waals surface area contributed by atoms with E-state index in [9.17, 15) is 14.4 Å². The maximum atomic E-state index is 11.7. The Balaban J connectivity index is 2.52. The maximum Gasteiger partial charge on any atom is 0.326 e. The van der Waals surface area contributed by atoms with Gasteiger partial charge in [-0.3, -0.25) is 9.59 Å². The van der Waals surface area contributed by atoms with Gasteiger partial charge in [0.2, 0.25) is 11.8 Å². The van der Waals surface area contributed by atoms with Crippen LogP contribution in [0.2, 0.25) is 0 Å². The number of carbonyl (C=O) groups excluding carboxylic acids is 2. The van der Waals surface area contributed by atoms with Gasteiger partial charge < -0.3 is 20.9 Å². The van der Waals surface area contributed by atoms with Gasteiger partial charge in [-0.05, 0) is 24.1 Å². The third-order valence-electron chi connectivity index (χ3n) is 2.81. The Bertz CT molecular complexity index is 530. The first-order chi connectivity index (χ1) is 9.92. The second kappa shape index (κ2) is 7.88.